The van der Waals surface area contributed by atoms with Gasteiger partial charge in [0, 0.05) is 12.6 Å². The zero-order valence-electron chi connectivity index (χ0n) is 12.0. The van der Waals surface area contributed by atoms with Crippen molar-refractivity contribution in [1.29, 1.82) is 0 Å². The van der Waals surface area contributed by atoms with E-state index < -0.39 is 0 Å². The van der Waals surface area contributed by atoms with Crippen molar-refractivity contribution in [3.05, 3.63) is 24.2 Å². The first-order valence-corrected chi connectivity index (χ1v) is 7.91. The molecule has 2 aliphatic rings. The lowest BCUT2D eigenvalue weighted by molar-refractivity contribution is 0.0550. The minimum atomic E-state index is 0.0837. The second kappa shape index (κ2) is 6.44. The number of furan rings is 1. The fourth-order valence-corrected chi connectivity index (χ4v) is 3.65. The van der Waals surface area contributed by atoms with Gasteiger partial charge in [-0.15, -0.1) is 0 Å². The van der Waals surface area contributed by atoms with E-state index in [1.807, 2.05) is 0 Å². The van der Waals surface area contributed by atoms with E-state index in [-0.39, 0.29) is 5.91 Å². The average molecular weight is 276 g/mol. The van der Waals surface area contributed by atoms with E-state index >= 15 is 0 Å². The largest absolute Gasteiger partial charge is 0.459 e. The Morgan fingerprint density at radius 3 is 2.80 bits per heavy atom. The molecular formula is C16H24N2O2. The van der Waals surface area contributed by atoms with Crippen LogP contribution in [-0.4, -0.2) is 36.5 Å². The van der Waals surface area contributed by atoms with Crippen molar-refractivity contribution in [1.82, 2.24) is 10.2 Å². The molecule has 1 atom stereocenters. The smallest absolute Gasteiger partial charge is 0.289 e. The van der Waals surface area contributed by atoms with Crippen LogP contribution in [0.15, 0.2) is 22.8 Å². The highest BCUT2D eigenvalue weighted by atomic mass is 16.3. The topological polar surface area (TPSA) is 45.5 Å². The maximum absolute atomic E-state index is 12.7. The summed E-state index contributed by atoms with van der Waals surface area (Å²) in [6.45, 7) is 3.06. The second-order valence-electron chi connectivity index (χ2n) is 5.98. The van der Waals surface area contributed by atoms with Gasteiger partial charge in [0.05, 0.1) is 6.26 Å². The van der Waals surface area contributed by atoms with Crippen LogP contribution in [0.2, 0.25) is 0 Å². The molecule has 0 aromatic carbocycles. The van der Waals surface area contributed by atoms with E-state index in [0.717, 1.165) is 32.5 Å². The molecule has 0 radical (unpaired) electrons. The SMILES string of the molecule is O=C(c1ccco1)N1CCCCCC1C1CCNCC1. The maximum Gasteiger partial charge on any atom is 0.289 e. The number of piperidine rings is 1. The van der Waals surface area contributed by atoms with Gasteiger partial charge in [0.25, 0.3) is 5.91 Å². The van der Waals surface area contributed by atoms with Crippen molar-refractivity contribution in [2.75, 3.05) is 19.6 Å². The third kappa shape index (κ3) is 2.90. The Balaban J connectivity index is 1.78. The summed E-state index contributed by atoms with van der Waals surface area (Å²) in [5.41, 5.74) is 0. The zero-order valence-corrected chi connectivity index (χ0v) is 12.0. The summed E-state index contributed by atoms with van der Waals surface area (Å²) in [6.07, 6.45) is 8.72. The molecule has 1 N–H and O–H groups in total. The standard InChI is InChI=1S/C16H24N2O2/c19-16(15-6-4-12-20-15)18-11-3-1-2-5-14(18)13-7-9-17-10-8-13/h4,6,12-14,17H,1-3,5,7-11H2. The monoisotopic (exact) mass is 276 g/mol. The van der Waals surface area contributed by atoms with Crippen molar-refractivity contribution >= 4 is 5.91 Å². The molecule has 0 aliphatic carbocycles. The summed E-state index contributed by atoms with van der Waals surface area (Å²) >= 11 is 0. The fraction of sp³-hybridized carbons (Fsp3) is 0.688. The van der Waals surface area contributed by atoms with Crippen molar-refractivity contribution in [3.8, 4) is 0 Å². The van der Waals surface area contributed by atoms with Gasteiger partial charge in [-0.1, -0.05) is 12.8 Å². The van der Waals surface area contributed by atoms with Gasteiger partial charge in [-0.05, 0) is 56.8 Å². The van der Waals surface area contributed by atoms with Crippen LogP contribution >= 0.6 is 0 Å². The third-order valence-corrected chi connectivity index (χ3v) is 4.72. The van der Waals surface area contributed by atoms with Gasteiger partial charge < -0.3 is 14.6 Å². The molecule has 1 aromatic rings. The van der Waals surface area contributed by atoms with E-state index in [4.69, 9.17) is 4.42 Å². The first kappa shape index (κ1) is 13.7. The highest BCUT2D eigenvalue weighted by Gasteiger charge is 2.33. The molecule has 2 aliphatic heterocycles. The zero-order chi connectivity index (χ0) is 13.8. The highest BCUT2D eigenvalue weighted by molar-refractivity contribution is 5.91. The molecular weight excluding hydrogens is 252 g/mol. The van der Waals surface area contributed by atoms with Crippen molar-refractivity contribution in [2.45, 2.75) is 44.6 Å². The predicted molar refractivity (Wildman–Crippen MR) is 77.6 cm³/mol. The van der Waals surface area contributed by atoms with Crippen LogP contribution in [-0.2, 0) is 0 Å². The van der Waals surface area contributed by atoms with Crippen LogP contribution in [0.25, 0.3) is 0 Å². The Labute approximate surface area is 120 Å². The van der Waals surface area contributed by atoms with Crippen LogP contribution in [0.5, 0.6) is 0 Å². The lowest BCUT2D eigenvalue weighted by Gasteiger charge is -2.37. The molecule has 2 fully saturated rings. The van der Waals surface area contributed by atoms with Crippen molar-refractivity contribution < 1.29 is 9.21 Å². The van der Waals surface area contributed by atoms with Crippen LogP contribution in [0.3, 0.4) is 0 Å². The van der Waals surface area contributed by atoms with E-state index in [2.05, 4.69) is 10.2 Å². The van der Waals surface area contributed by atoms with Gasteiger partial charge in [0.15, 0.2) is 5.76 Å². The Kier molecular flexibility index (Phi) is 4.41. The molecule has 110 valence electrons. The maximum atomic E-state index is 12.7. The minimum Gasteiger partial charge on any atom is -0.459 e. The van der Waals surface area contributed by atoms with Gasteiger partial charge in [-0.3, -0.25) is 4.79 Å². The molecule has 1 aromatic heterocycles. The van der Waals surface area contributed by atoms with Gasteiger partial charge in [0.2, 0.25) is 0 Å². The molecule has 1 unspecified atom stereocenters. The molecule has 1 amide bonds. The summed E-state index contributed by atoms with van der Waals surface area (Å²) in [4.78, 5) is 14.8. The quantitative estimate of drug-likeness (QED) is 0.903. The van der Waals surface area contributed by atoms with E-state index in [1.165, 1.54) is 25.7 Å². The number of amides is 1. The predicted octanol–water partition coefficient (Wildman–Crippen LogP) is 2.66. The molecule has 2 saturated heterocycles. The summed E-state index contributed by atoms with van der Waals surface area (Å²) in [5, 5.41) is 3.42. The molecule has 0 saturated carbocycles. The normalized spacial score (nSPS) is 25.4. The number of rotatable bonds is 2. The lowest BCUT2D eigenvalue weighted by Crippen LogP contribution is -2.47. The molecule has 3 heterocycles. The Morgan fingerprint density at radius 2 is 2.05 bits per heavy atom. The number of carbonyl (C=O) groups is 1. The number of nitrogens with one attached hydrogen (secondary N) is 1. The Hall–Kier alpha value is -1.29. The second-order valence-corrected chi connectivity index (χ2v) is 5.98. The number of nitrogens with zero attached hydrogens (tertiary/aromatic N) is 1. The summed E-state index contributed by atoms with van der Waals surface area (Å²) in [6, 6.07) is 3.98. The van der Waals surface area contributed by atoms with Crippen LogP contribution < -0.4 is 5.32 Å². The van der Waals surface area contributed by atoms with Crippen LogP contribution in [0.1, 0.15) is 49.1 Å². The van der Waals surface area contributed by atoms with E-state index in [1.54, 1.807) is 18.4 Å². The summed E-state index contributed by atoms with van der Waals surface area (Å²) < 4.78 is 5.32. The van der Waals surface area contributed by atoms with Gasteiger partial charge in [0.1, 0.15) is 0 Å². The molecule has 4 nitrogen and oxygen atoms in total. The van der Waals surface area contributed by atoms with Crippen LogP contribution in [0, 0.1) is 5.92 Å². The number of carbonyl (C=O) groups excluding carboxylic acids is 1. The van der Waals surface area contributed by atoms with Crippen molar-refractivity contribution in [3.63, 3.8) is 0 Å². The third-order valence-electron chi connectivity index (χ3n) is 4.72. The first-order chi connectivity index (χ1) is 9.86. The van der Waals surface area contributed by atoms with Gasteiger partial charge in [-0.2, -0.15) is 0 Å². The number of likely N-dealkylation sites (tertiary alicyclic amines) is 1. The number of hydrogen-bond acceptors (Lipinski definition) is 3. The summed E-state index contributed by atoms with van der Waals surface area (Å²) in [5.74, 6) is 1.22. The molecule has 4 heteroatoms. The molecule has 0 bridgehead atoms. The Bertz CT molecular complexity index is 424. The highest BCUT2D eigenvalue weighted by Crippen LogP contribution is 2.29. The number of hydrogen-bond donors (Lipinski definition) is 1. The fourth-order valence-electron chi connectivity index (χ4n) is 3.65. The molecule has 3 rings (SSSR count). The molecule has 0 spiro atoms. The van der Waals surface area contributed by atoms with Gasteiger partial charge >= 0.3 is 0 Å². The van der Waals surface area contributed by atoms with E-state index in [9.17, 15) is 4.79 Å². The minimum absolute atomic E-state index is 0.0837. The molecule has 20 heavy (non-hydrogen) atoms. The van der Waals surface area contributed by atoms with E-state index in [0.29, 0.717) is 17.7 Å². The Morgan fingerprint density at radius 1 is 1.20 bits per heavy atom. The average Bonchev–Trinajstić information content (AvgIpc) is 2.92. The van der Waals surface area contributed by atoms with Crippen molar-refractivity contribution in [2.24, 2.45) is 5.92 Å². The lowest BCUT2D eigenvalue weighted by atomic mass is 9.86. The summed E-state index contributed by atoms with van der Waals surface area (Å²) in [7, 11) is 0. The first-order valence-electron chi connectivity index (χ1n) is 7.91. The van der Waals surface area contributed by atoms with Gasteiger partial charge in [-0.25, -0.2) is 0 Å². The van der Waals surface area contributed by atoms with Crippen LogP contribution in [0.4, 0.5) is 0 Å².